The number of aliphatic hydroxyl groups is 1. The predicted octanol–water partition coefficient (Wildman–Crippen LogP) is 2.23. The van der Waals surface area contributed by atoms with E-state index in [-0.39, 0.29) is 33.8 Å². The van der Waals surface area contributed by atoms with Gasteiger partial charge >= 0.3 is 0 Å². The number of aromatic hydroxyl groups is 1. The second-order valence-electron chi connectivity index (χ2n) is 5.14. The molecule has 22 heavy (non-hydrogen) atoms. The number of benzene rings is 2. The molecule has 5 nitrogen and oxygen atoms in total. The number of aliphatic hydroxyl groups excluding tert-OH is 1. The number of hydrogen-bond acceptors (Lipinski definition) is 5. The minimum Gasteiger partial charge on any atom is -0.507 e. The summed E-state index contributed by atoms with van der Waals surface area (Å²) in [5, 5.41) is 20.2. The number of rotatable bonds is 2. The molecule has 1 unspecified atom stereocenters. The van der Waals surface area contributed by atoms with Crippen LogP contribution >= 0.6 is 0 Å². The van der Waals surface area contributed by atoms with Crippen LogP contribution < -0.4 is 4.74 Å². The van der Waals surface area contributed by atoms with Gasteiger partial charge in [0.15, 0.2) is 11.6 Å². The Hall–Kier alpha value is -2.66. The maximum absolute atomic E-state index is 12.6. The zero-order valence-electron chi connectivity index (χ0n) is 12.1. The Morgan fingerprint density at radius 2 is 1.64 bits per heavy atom. The van der Waals surface area contributed by atoms with Gasteiger partial charge in [0.05, 0.1) is 24.3 Å². The summed E-state index contributed by atoms with van der Waals surface area (Å²) >= 11 is 0. The minimum atomic E-state index is -1.04. The van der Waals surface area contributed by atoms with E-state index in [1.807, 2.05) is 0 Å². The van der Waals surface area contributed by atoms with Crippen molar-refractivity contribution in [2.24, 2.45) is 0 Å². The van der Waals surface area contributed by atoms with E-state index in [9.17, 15) is 19.8 Å². The monoisotopic (exact) mass is 298 g/mol. The first-order valence-electron chi connectivity index (χ1n) is 6.77. The van der Waals surface area contributed by atoms with E-state index >= 15 is 0 Å². The quantitative estimate of drug-likeness (QED) is 0.758. The average molecular weight is 298 g/mol. The van der Waals surface area contributed by atoms with Gasteiger partial charge < -0.3 is 14.9 Å². The number of fused-ring (bicyclic) bond motifs is 2. The molecule has 2 aromatic rings. The predicted molar refractivity (Wildman–Crippen MR) is 78.6 cm³/mol. The molecule has 2 aromatic carbocycles. The highest BCUT2D eigenvalue weighted by molar-refractivity contribution is 6.29. The maximum Gasteiger partial charge on any atom is 0.198 e. The molecule has 2 N–H and O–H groups in total. The number of phenols is 1. The molecule has 1 atom stereocenters. The summed E-state index contributed by atoms with van der Waals surface area (Å²) in [6.45, 7) is 1.45. The summed E-state index contributed by atoms with van der Waals surface area (Å²) in [6, 6.07) is 7.85. The fourth-order valence-electron chi connectivity index (χ4n) is 2.80. The Kier molecular flexibility index (Phi) is 3.22. The lowest BCUT2D eigenvalue weighted by Gasteiger charge is -2.22. The zero-order chi connectivity index (χ0) is 16.0. The van der Waals surface area contributed by atoms with E-state index < -0.39 is 17.6 Å². The second kappa shape index (κ2) is 4.96. The molecule has 1 aliphatic carbocycles. The Balaban J connectivity index is 2.36. The SMILES string of the molecule is COc1cc2c(c(O)c1C(C)O)C(=O)c1ccccc1C2=O. The highest BCUT2D eigenvalue weighted by atomic mass is 16.5. The van der Waals surface area contributed by atoms with Gasteiger partial charge in [0.2, 0.25) is 0 Å². The molecule has 5 heteroatoms. The first kappa shape index (κ1) is 14.3. The summed E-state index contributed by atoms with van der Waals surface area (Å²) in [7, 11) is 1.37. The lowest BCUT2D eigenvalue weighted by molar-refractivity contribution is 0.0975. The first-order valence-corrected chi connectivity index (χ1v) is 6.77. The summed E-state index contributed by atoms with van der Waals surface area (Å²) in [6.07, 6.45) is -1.04. The van der Waals surface area contributed by atoms with Crippen molar-refractivity contribution in [2.45, 2.75) is 13.0 Å². The molecule has 0 spiro atoms. The molecular formula is C17H14O5. The van der Waals surface area contributed by atoms with Gasteiger partial charge in [0, 0.05) is 16.7 Å². The Morgan fingerprint density at radius 3 is 2.18 bits per heavy atom. The van der Waals surface area contributed by atoms with Crippen molar-refractivity contribution in [1.82, 2.24) is 0 Å². The average Bonchev–Trinajstić information content (AvgIpc) is 2.51. The molecule has 0 aromatic heterocycles. The summed E-state index contributed by atoms with van der Waals surface area (Å²) in [5.41, 5.74) is 0.646. The first-order chi connectivity index (χ1) is 10.5. The number of ketones is 2. The molecule has 0 saturated carbocycles. The van der Waals surface area contributed by atoms with Gasteiger partial charge in [-0.3, -0.25) is 9.59 Å². The van der Waals surface area contributed by atoms with Crippen LogP contribution in [-0.4, -0.2) is 28.9 Å². The molecule has 1 aliphatic rings. The summed E-state index contributed by atoms with van der Waals surface area (Å²) in [5.74, 6) is -1.02. The Bertz CT molecular complexity index is 805. The van der Waals surface area contributed by atoms with Crippen molar-refractivity contribution < 1.29 is 24.5 Å². The number of ether oxygens (including phenoxy) is 1. The molecular weight excluding hydrogens is 284 g/mol. The maximum atomic E-state index is 12.6. The van der Waals surface area contributed by atoms with Gasteiger partial charge in [-0.1, -0.05) is 24.3 Å². The van der Waals surface area contributed by atoms with Crippen molar-refractivity contribution >= 4 is 11.6 Å². The highest BCUT2D eigenvalue weighted by Crippen LogP contribution is 2.42. The molecule has 0 bridgehead atoms. The van der Waals surface area contributed by atoms with Crippen LogP contribution in [0.25, 0.3) is 0 Å². The van der Waals surface area contributed by atoms with Gasteiger partial charge in [-0.25, -0.2) is 0 Å². The highest BCUT2D eigenvalue weighted by Gasteiger charge is 2.35. The van der Waals surface area contributed by atoms with Gasteiger partial charge in [-0.2, -0.15) is 0 Å². The van der Waals surface area contributed by atoms with E-state index in [4.69, 9.17) is 4.74 Å². The summed E-state index contributed by atoms with van der Waals surface area (Å²) < 4.78 is 5.14. The van der Waals surface area contributed by atoms with Crippen molar-refractivity contribution in [2.75, 3.05) is 7.11 Å². The number of hydrogen-bond donors (Lipinski definition) is 2. The van der Waals surface area contributed by atoms with E-state index in [0.29, 0.717) is 5.56 Å². The molecule has 0 saturated heterocycles. The molecule has 0 amide bonds. The van der Waals surface area contributed by atoms with E-state index in [0.717, 1.165) is 0 Å². The van der Waals surface area contributed by atoms with Crippen molar-refractivity contribution in [1.29, 1.82) is 0 Å². The molecule has 0 heterocycles. The largest absolute Gasteiger partial charge is 0.507 e. The standard InChI is InChI=1S/C17H14O5/c1-8(18)13-12(22-2)7-11-14(17(13)21)16(20)10-6-4-3-5-9(10)15(11)19/h3-8,18,21H,1-2H3. The van der Waals surface area contributed by atoms with Crippen LogP contribution in [-0.2, 0) is 0 Å². The number of methoxy groups -OCH3 is 1. The van der Waals surface area contributed by atoms with E-state index in [1.54, 1.807) is 24.3 Å². The third-order valence-electron chi connectivity index (χ3n) is 3.83. The lowest BCUT2D eigenvalue weighted by atomic mass is 9.82. The second-order valence-corrected chi connectivity index (χ2v) is 5.14. The summed E-state index contributed by atoms with van der Waals surface area (Å²) in [4.78, 5) is 25.2. The molecule has 0 aliphatic heterocycles. The molecule has 3 rings (SSSR count). The fourth-order valence-corrected chi connectivity index (χ4v) is 2.80. The van der Waals surface area contributed by atoms with Crippen LogP contribution in [0.2, 0.25) is 0 Å². The number of phenolic OH excluding ortho intramolecular Hbond substituents is 1. The van der Waals surface area contributed by atoms with Crippen LogP contribution in [0.1, 0.15) is 50.4 Å². The third kappa shape index (κ3) is 1.83. The molecule has 112 valence electrons. The van der Waals surface area contributed by atoms with Crippen LogP contribution in [0, 0.1) is 0 Å². The Labute approximate surface area is 126 Å². The van der Waals surface area contributed by atoms with Crippen LogP contribution in [0.4, 0.5) is 0 Å². The van der Waals surface area contributed by atoms with Gasteiger partial charge in [-0.15, -0.1) is 0 Å². The van der Waals surface area contributed by atoms with Crippen molar-refractivity contribution in [3.63, 3.8) is 0 Å². The normalized spacial score (nSPS) is 14.3. The van der Waals surface area contributed by atoms with Crippen LogP contribution in [0.15, 0.2) is 30.3 Å². The van der Waals surface area contributed by atoms with Crippen molar-refractivity contribution in [3.8, 4) is 11.5 Å². The fraction of sp³-hybridized carbons (Fsp3) is 0.176. The van der Waals surface area contributed by atoms with E-state index in [1.165, 1.54) is 20.1 Å². The molecule has 0 fully saturated rings. The number of carbonyl (C=O) groups excluding carboxylic acids is 2. The third-order valence-corrected chi connectivity index (χ3v) is 3.83. The lowest BCUT2D eigenvalue weighted by Crippen LogP contribution is -2.22. The number of carbonyl (C=O) groups is 2. The zero-order valence-corrected chi connectivity index (χ0v) is 12.1. The van der Waals surface area contributed by atoms with Gasteiger partial charge in [0.25, 0.3) is 0 Å². The minimum absolute atomic E-state index is 0.0830. The topological polar surface area (TPSA) is 83.8 Å². The van der Waals surface area contributed by atoms with Gasteiger partial charge in [-0.05, 0) is 13.0 Å². The van der Waals surface area contributed by atoms with Crippen molar-refractivity contribution in [3.05, 3.63) is 58.1 Å². The van der Waals surface area contributed by atoms with E-state index in [2.05, 4.69) is 0 Å². The van der Waals surface area contributed by atoms with Gasteiger partial charge in [0.1, 0.15) is 11.5 Å². The molecule has 0 radical (unpaired) electrons. The van der Waals surface area contributed by atoms with Crippen LogP contribution in [0.5, 0.6) is 11.5 Å². The smallest absolute Gasteiger partial charge is 0.198 e. The Morgan fingerprint density at radius 1 is 1.05 bits per heavy atom. The van der Waals surface area contributed by atoms with Crippen LogP contribution in [0.3, 0.4) is 0 Å².